The predicted octanol–water partition coefficient (Wildman–Crippen LogP) is 2.98. The van der Waals surface area contributed by atoms with Crippen molar-refractivity contribution in [1.82, 2.24) is 5.32 Å². The molecule has 3 rings (SSSR count). The lowest BCUT2D eigenvalue weighted by atomic mass is 10.1. The van der Waals surface area contributed by atoms with Gasteiger partial charge in [-0.2, -0.15) is 0 Å². The summed E-state index contributed by atoms with van der Waals surface area (Å²) >= 11 is 0. The Bertz CT molecular complexity index is 646. The number of benzene rings is 1. The van der Waals surface area contributed by atoms with Crippen LogP contribution in [-0.2, 0) is 0 Å². The van der Waals surface area contributed by atoms with Crippen molar-refractivity contribution in [1.29, 1.82) is 0 Å². The minimum absolute atomic E-state index is 0.00290. The van der Waals surface area contributed by atoms with Crippen molar-refractivity contribution in [2.24, 2.45) is 5.92 Å². The van der Waals surface area contributed by atoms with Gasteiger partial charge in [0.1, 0.15) is 11.6 Å². The summed E-state index contributed by atoms with van der Waals surface area (Å²) in [6.07, 6.45) is 2.73. The van der Waals surface area contributed by atoms with E-state index in [4.69, 9.17) is 9.52 Å². The van der Waals surface area contributed by atoms with E-state index in [-0.39, 0.29) is 30.1 Å². The molecule has 1 fully saturated rings. The lowest BCUT2D eigenvalue weighted by Crippen LogP contribution is -2.36. The molecule has 2 N–H and O–H groups in total. The monoisotopic (exact) mass is 303 g/mol. The van der Waals surface area contributed by atoms with Crippen molar-refractivity contribution >= 4 is 5.91 Å². The van der Waals surface area contributed by atoms with Gasteiger partial charge in [0.25, 0.3) is 5.91 Å². The van der Waals surface area contributed by atoms with Crippen molar-refractivity contribution in [3.05, 3.63) is 48.0 Å². The maximum atomic E-state index is 12.9. The Kier molecular flexibility index (Phi) is 4.24. The Hall–Kier alpha value is -2.14. The largest absolute Gasteiger partial charge is 0.451 e. The molecule has 2 aromatic rings. The number of carbonyl (C=O) groups is 1. The second-order valence-electron chi connectivity index (χ2n) is 5.60. The Morgan fingerprint density at radius 1 is 1.27 bits per heavy atom. The number of aliphatic hydroxyl groups is 1. The molecule has 5 heteroatoms. The minimum Gasteiger partial charge on any atom is -0.451 e. The van der Waals surface area contributed by atoms with E-state index in [0.717, 1.165) is 18.4 Å². The number of amides is 1. The molecule has 1 aliphatic carbocycles. The topological polar surface area (TPSA) is 62.5 Å². The van der Waals surface area contributed by atoms with Crippen LogP contribution in [0.25, 0.3) is 11.3 Å². The Balaban J connectivity index is 1.69. The molecule has 0 saturated heterocycles. The number of halogens is 1. The van der Waals surface area contributed by atoms with Crippen LogP contribution >= 0.6 is 0 Å². The van der Waals surface area contributed by atoms with Gasteiger partial charge < -0.3 is 14.8 Å². The van der Waals surface area contributed by atoms with E-state index in [1.54, 1.807) is 24.3 Å². The van der Waals surface area contributed by atoms with Crippen LogP contribution < -0.4 is 5.32 Å². The zero-order valence-corrected chi connectivity index (χ0v) is 12.1. The van der Waals surface area contributed by atoms with Gasteiger partial charge >= 0.3 is 0 Å². The van der Waals surface area contributed by atoms with Gasteiger partial charge in [0.15, 0.2) is 5.76 Å². The third-order valence-corrected chi connectivity index (χ3v) is 3.91. The van der Waals surface area contributed by atoms with Gasteiger partial charge in [-0.3, -0.25) is 4.79 Å². The van der Waals surface area contributed by atoms with Crippen molar-refractivity contribution in [3.8, 4) is 11.3 Å². The van der Waals surface area contributed by atoms with Crippen molar-refractivity contribution < 1.29 is 18.7 Å². The van der Waals surface area contributed by atoms with Crippen LogP contribution in [0.15, 0.2) is 40.8 Å². The smallest absolute Gasteiger partial charge is 0.287 e. The maximum Gasteiger partial charge on any atom is 0.287 e. The average Bonchev–Trinajstić information content (AvgIpc) is 3.24. The van der Waals surface area contributed by atoms with Crippen LogP contribution in [0.5, 0.6) is 0 Å². The first-order chi connectivity index (χ1) is 10.7. The summed E-state index contributed by atoms with van der Waals surface area (Å²) in [4.78, 5) is 12.2. The predicted molar refractivity (Wildman–Crippen MR) is 79.8 cm³/mol. The summed E-state index contributed by atoms with van der Waals surface area (Å²) in [5, 5.41) is 12.0. The van der Waals surface area contributed by atoms with Crippen LogP contribution in [0.2, 0.25) is 0 Å². The van der Waals surface area contributed by atoms with E-state index in [2.05, 4.69) is 5.32 Å². The van der Waals surface area contributed by atoms with Crippen LogP contribution in [0, 0.1) is 11.7 Å². The van der Waals surface area contributed by atoms with Gasteiger partial charge in [-0.15, -0.1) is 0 Å². The van der Waals surface area contributed by atoms with Gasteiger partial charge in [-0.1, -0.05) is 0 Å². The van der Waals surface area contributed by atoms with Gasteiger partial charge in [0, 0.05) is 18.2 Å². The molecular weight excluding hydrogens is 285 g/mol. The van der Waals surface area contributed by atoms with Crippen molar-refractivity contribution in [3.63, 3.8) is 0 Å². The molecule has 1 aromatic carbocycles. The Morgan fingerprint density at radius 2 is 2.00 bits per heavy atom. The fourth-order valence-electron chi connectivity index (χ4n) is 2.53. The third-order valence-electron chi connectivity index (χ3n) is 3.91. The first kappa shape index (κ1) is 14.8. The zero-order valence-electron chi connectivity index (χ0n) is 12.1. The Morgan fingerprint density at radius 3 is 2.64 bits per heavy atom. The second-order valence-corrected chi connectivity index (χ2v) is 5.60. The van der Waals surface area contributed by atoms with Crippen LogP contribution in [0.1, 0.15) is 29.8 Å². The molecule has 1 unspecified atom stereocenters. The second kappa shape index (κ2) is 6.32. The molecule has 1 saturated carbocycles. The normalized spacial score (nSPS) is 15.5. The standard InChI is InChI=1S/C17H18FNO3/c18-13-5-3-12(4-6-13)15-7-8-16(22-15)17(21)19-14(9-10-20)11-1-2-11/h3-8,11,14,20H,1-2,9-10H2,(H,19,21). The highest BCUT2D eigenvalue weighted by atomic mass is 19.1. The lowest BCUT2D eigenvalue weighted by molar-refractivity contribution is 0.0897. The molecule has 1 amide bonds. The minimum atomic E-state index is -0.315. The molecule has 0 aliphatic heterocycles. The summed E-state index contributed by atoms with van der Waals surface area (Å²) in [6, 6.07) is 9.21. The number of hydrogen-bond donors (Lipinski definition) is 2. The molecule has 0 radical (unpaired) electrons. The number of nitrogens with one attached hydrogen (secondary N) is 1. The molecule has 1 atom stereocenters. The van der Waals surface area contributed by atoms with Gasteiger partial charge in [-0.25, -0.2) is 4.39 Å². The van der Waals surface area contributed by atoms with Crippen LogP contribution in [0.4, 0.5) is 4.39 Å². The van der Waals surface area contributed by atoms with Crippen LogP contribution in [0.3, 0.4) is 0 Å². The highest BCUT2D eigenvalue weighted by Crippen LogP contribution is 2.34. The highest BCUT2D eigenvalue weighted by molar-refractivity contribution is 5.92. The number of hydrogen-bond acceptors (Lipinski definition) is 3. The molecular formula is C17H18FNO3. The average molecular weight is 303 g/mol. The van der Waals surface area contributed by atoms with E-state index in [0.29, 0.717) is 18.1 Å². The lowest BCUT2D eigenvalue weighted by Gasteiger charge is -2.16. The number of carbonyl (C=O) groups excluding carboxylic acids is 1. The molecule has 4 nitrogen and oxygen atoms in total. The Labute approximate surface area is 128 Å². The molecule has 0 bridgehead atoms. The molecule has 22 heavy (non-hydrogen) atoms. The van der Waals surface area contributed by atoms with Gasteiger partial charge in [0.2, 0.25) is 0 Å². The first-order valence-corrected chi connectivity index (χ1v) is 7.45. The number of rotatable bonds is 6. The summed E-state index contributed by atoms with van der Waals surface area (Å²) in [5.74, 6) is 0.615. The maximum absolute atomic E-state index is 12.9. The molecule has 0 spiro atoms. The molecule has 1 heterocycles. The molecule has 116 valence electrons. The summed E-state index contributed by atoms with van der Waals surface area (Å²) < 4.78 is 18.5. The van der Waals surface area contributed by atoms with E-state index in [9.17, 15) is 9.18 Å². The quantitative estimate of drug-likeness (QED) is 0.862. The molecule has 1 aromatic heterocycles. The van der Waals surface area contributed by atoms with E-state index < -0.39 is 0 Å². The van der Waals surface area contributed by atoms with E-state index in [1.807, 2.05) is 0 Å². The zero-order chi connectivity index (χ0) is 15.5. The van der Waals surface area contributed by atoms with E-state index >= 15 is 0 Å². The van der Waals surface area contributed by atoms with Gasteiger partial charge in [-0.05, 0) is 61.6 Å². The summed E-state index contributed by atoms with van der Waals surface area (Å²) in [7, 11) is 0. The summed E-state index contributed by atoms with van der Waals surface area (Å²) in [6.45, 7) is 0.0560. The fourth-order valence-corrected chi connectivity index (χ4v) is 2.53. The van der Waals surface area contributed by atoms with E-state index in [1.165, 1.54) is 12.1 Å². The highest BCUT2D eigenvalue weighted by Gasteiger charge is 2.32. The molecule has 1 aliphatic rings. The first-order valence-electron chi connectivity index (χ1n) is 7.45. The van der Waals surface area contributed by atoms with Crippen molar-refractivity contribution in [2.45, 2.75) is 25.3 Å². The fraction of sp³-hybridized carbons (Fsp3) is 0.353. The number of aliphatic hydroxyl groups excluding tert-OH is 1. The van der Waals surface area contributed by atoms with Crippen LogP contribution in [-0.4, -0.2) is 23.7 Å². The number of furan rings is 1. The SMILES string of the molecule is O=C(NC(CCO)C1CC1)c1ccc(-c2ccc(F)cc2)o1. The third kappa shape index (κ3) is 3.36. The van der Waals surface area contributed by atoms with Crippen molar-refractivity contribution in [2.75, 3.05) is 6.61 Å². The summed E-state index contributed by atoms with van der Waals surface area (Å²) in [5.41, 5.74) is 0.717. The van der Waals surface area contributed by atoms with Gasteiger partial charge in [0.05, 0.1) is 0 Å².